The van der Waals surface area contributed by atoms with Crippen molar-refractivity contribution in [3.63, 3.8) is 0 Å². The van der Waals surface area contributed by atoms with Crippen LogP contribution in [0.3, 0.4) is 0 Å². The Bertz CT molecular complexity index is 623. The van der Waals surface area contributed by atoms with Crippen molar-refractivity contribution in [3.05, 3.63) is 0 Å². The number of primary amides is 1. The molecule has 0 heterocycles. The molecule has 0 fully saturated rings. The van der Waals surface area contributed by atoms with E-state index in [1.807, 2.05) is 27.7 Å². The van der Waals surface area contributed by atoms with E-state index in [4.69, 9.17) is 16.6 Å². The fourth-order valence-electron chi connectivity index (χ4n) is 2.68. The molecule has 8 N–H and O–H groups in total. The normalized spacial score (nSPS) is 14.0. The molecule has 11 nitrogen and oxygen atoms in total. The molecular formula is C19H35N5O6. The highest BCUT2D eigenvalue weighted by molar-refractivity contribution is 5.92. The van der Waals surface area contributed by atoms with Gasteiger partial charge in [-0.3, -0.25) is 19.2 Å². The van der Waals surface area contributed by atoms with Crippen molar-refractivity contribution in [1.82, 2.24) is 16.0 Å². The summed E-state index contributed by atoms with van der Waals surface area (Å²) in [6.45, 7) is 6.95. The van der Waals surface area contributed by atoms with E-state index in [0.29, 0.717) is 6.42 Å². The van der Waals surface area contributed by atoms with Gasteiger partial charge in [-0.25, -0.2) is 4.79 Å². The van der Waals surface area contributed by atoms with E-state index in [9.17, 15) is 24.0 Å². The molecule has 0 aromatic carbocycles. The van der Waals surface area contributed by atoms with Gasteiger partial charge in [-0.15, -0.1) is 0 Å². The van der Waals surface area contributed by atoms with Gasteiger partial charge in [0.2, 0.25) is 23.6 Å². The predicted octanol–water partition coefficient (Wildman–Crippen LogP) is -1.16. The van der Waals surface area contributed by atoms with Crippen LogP contribution >= 0.6 is 0 Å². The van der Waals surface area contributed by atoms with Crippen molar-refractivity contribution in [2.45, 2.75) is 71.5 Å². The Morgan fingerprint density at radius 3 is 1.90 bits per heavy atom. The predicted molar refractivity (Wildman–Crippen MR) is 110 cm³/mol. The third-order valence-electron chi connectivity index (χ3n) is 4.14. The molecule has 0 aliphatic carbocycles. The molecule has 0 aromatic heterocycles. The molecule has 30 heavy (non-hydrogen) atoms. The molecule has 0 saturated carbocycles. The number of carboxylic acids is 1. The molecule has 0 saturated heterocycles. The van der Waals surface area contributed by atoms with E-state index in [2.05, 4.69) is 16.0 Å². The van der Waals surface area contributed by atoms with E-state index in [1.54, 1.807) is 0 Å². The zero-order valence-corrected chi connectivity index (χ0v) is 18.1. The molecule has 4 amide bonds. The lowest BCUT2D eigenvalue weighted by molar-refractivity contribution is -0.142. The second kappa shape index (κ2) is 13.5. The van der Waals surface area contributed by atoms with Crippen LogP contribution < -0.4 is 27.4 Å². The van der Waals surface area contributed by atoms with Crippen molar-refractivity contribution in [3.8, 4) is 0 Å². The maximum atomic E-state index is 12.4. The van der Waals surface area contributed by atoms with Crippen LogP contribution in [0.15, 0.2) is 0 Å². The lowest BCUT2D eigenvalue weighted by Crippen LogP contribution is -2.53. The number of amides is 4. The maximum Gasteiger partial charge on any atom is 0.326 e. The van der Waals surface area contributed by atoms with Crippen LogP contribution in [0.25, 0.3) is 0 Å². The van der Waals surface area contributed by atoms with Crippen LogP contribution in [0, 0.1) is 11.8 Å². The molecule has 3 atom stereocenters. The minimum atomic E-state index is -1.17. The summed E-state index contributed by atoms with van der Waals surface area (Å²) >= 11 is 0. The number of carbonyl (C=O) groups is 5. The molecule has 0 bridgehead atoms. The van der Waals surface area contributed by atoms with Gasteiger partial charge in [0.25, 0.3) is 0 Å². The SMILES string of the molecule is CC(C)CC(N)C(=O)NC(CCC(N)=O)C(=O)NCC(=O)NC(CC(C)C)C(=O)O. The van der Waals surface area contributed by atoms with Crippen molar-refractivity contribution >= 4 is 29.6 Å². The van der Waals surface area contributed by atoms with Gasteiger partial charge in [0.15, 0.2) is 0 Å². The summed E-state index contributed by atoms with van der Waals surface area (Å²) in [7, 11) is 0. The highest BCUT2D eigenvalue weighted by Gasteiger charge is 2.26. The molecule has 11 heteroatoms. The number of hydrogen-bond donors (Lipinski definition) is 6. The molecule has 0 aliphatic heterocycles. The number of hydrogen-bond acceptors (Lipinski definition) is 6. The van der Waals surface area contributed by atoms with E-state index < -0.39 is 54.3 Å². The van der Waals surface area contributed by atoms with E-state index >= 15 is 0 Å². The average molecular weight is 430 g/mol. The standard InChI is InChI=1S/C19H35N5O6/c1-10(2)7-12(20)17(27)24-13(5-6-15(21)25)18(28)22-9-16(26)23-14(19(29)30)8-11(3)4/h10-14H,5-9,20H2,1-4H3,(H2,21,25)(H,22,28)(H,23,26)(H,24,27)(H,29,30). The number of nitrogens with one attached hydrogen (secondary N) is 3. The number of carboxylic acid groups (broad SMARTS) is 1. The van der Waals surface area contributed by atoms with Crippen LogP contribution in [0.5, 0.6) is 0 Å². The minimum Gasteiger partial charge on any atom is -0.480 e. The molecule has 0 aromatic rings. The van der Waals surface area contributed by atoms with E-state index in [1.165, 1.54) is 0 Å². The zero-order chi connectivity index (χ0) is 23.4. The molecule has 0 aliphatic rings. The first kappa shape index (κ1) is 27.3. The Balaban J connectivity index is 4.90. The van der Waals surface area contributed by atoms with Gasteiger partial charge in [0.05, 0.1) is 12.6 Å². The summed E-state index contributed by atoms with van der Waals surface area (Å²) < 4.78 is 0. The van der Waals surface area contributed by atoms with Gasteiger partial charge in [0, 0.05) is 6.42 Å². The summed E-state index contributed by atoms with van der Waals surface area (Å²) in [4.78, 5) is 58.9. The summed E-state index contributed by atoms with van der Waals surface area (Å²) in [5, 5.41) is 16.3. The number of carbonyl (C=O) groups excluding carboxylic acids is 4. The Hall–Kier alpha value is -2.69. The maximum absolute atomic E-state index is 12.4. The Labute approximate surface area is 176 Å². The molecule has 3 unspecified atom stereocenters. The first-order valence-corrected chi connectivity index (χ1v) is 9.97. The quantitative estimate of drug-likeness (QED) is 0.200. The second-order valence-electron chi connectivity index (χ2n) is 8.11. The third kappa shape index (κ3) is 12.0. The molecule has 0 radical (unpaired) electrons. The van der Waals surface area contributed by atoms with Crippen molar-refractivity contribution in [2.24, 2.45) is 23.3 Å². The Kier molecular flexibility index (Phi) is 12.3. The topological polar surface area (TPSA) is 194 Å². The van der Waals surface area contributed by atoms with Crippen LogP contribution in [-0.4, -0.2) is 59.4 Å². The average Bonchev–Trinajstić information content (AvgIpc) is 2.61. The van der Waals surface area contributed by atoms with Crippen LogP contribution in [-0.2, 0) is 24.0 Å². The van der Waals surface area contributed by atoms with Crippen molar-refractivity contribution < 1.29 is 29.1 Å². The molecule has 0 spiro atoms. The Morgan fingerprint density at radius 1 is 0.867 bits per heavy atom. The van der Waals surface area contributed by atoms with Crippen LogP contribution in [0.1, 0.15) is 53.4 Å². The number of aliphatic carboxylic acids is 1. The highest BCUT2D eigenvalue weighted by Crippen LogP contribution is 2.06. The Morgan fingerprint density at radius 2 is 1.43 bits per heavy atom. The lowest BCUT2D eigenvalue weighted by Gasteiger charge is -2.21. The summed E-state index contributed by atoms with van der Waals surface area (Å²) in [6.07, 6.45) is 0.429. The fourth-order valence-corrected chi connectivity index (χ4v) is 2.68. The van der Waals surface area contributed by atoms with Gasteiger partial charge in [0.1, 0.15) is 12.1 Å². The number of rotatable bonds is 14. The summed E-state index contributed by atoms with van der Waals surface area (Å²) in [5.74, 6) is -3.55. The van der Waals surface area contributed by atoms with E-state index in [-0.39, 0.29) is 31.1 Å². The van der Waals surface area contributed by atoms with E-state index in [0.717, 1.165) is 0 Å². The second-order valence-corrected chi connectivity index (χ2v) is 8.11. The summed E-state index contributed by atoms with van der Waals surface area (Å²) in [5.41, 5.74) is 10.9. The largest absolute Gasteiger partial charge is 0.480 e. The van der Waals surface area contributed by atoms with Crippen LogP contribution in [0.4, 0.5) is 0 Å². The van der Waals surface area contributed by atoms with Gasteiger partial charge < -0.3 is 32.5 Å². The monoisotopic (exact) mass is 429 g/mol. The van der Waals surface area contributed by atoms with Crippen LogP contribution in [0.2, 0.25) is 0 Å². The summed E-state index contributed by atoms with van der Waals surface area (Å²) in [6, 6.07) is -3.01. The lowest BCUT2D eigenvalue weighted by atomic mass is 10.0. The van der Waals surface area contributed by atoms with Crippen molar-refractivity contribution in [1.29, 1.82) is 0 Å². The van der Waals surface area contributed by atoms with Crippen molar-refractivity contribution in [2.75, 3.05) is 6.54 Å². The highest BCUT2D eigenvalue weighted by atomic mass is 16.4. The fraction of sp³-hybridized carbons (Fsp3) is 0.737. The molecule has 0 rings (SSSR count). The third-order valence-corrected chi connectivity index (χ3v) is 4.14. The first-order valence-electron chi connectivity index (χ1n) is 9.97. The molecular weight excluding hydrogens is 394 g/mol. The zero-order valence-electron chi connectivity index (χ0n) is 18.1. The minimum absolute atomic E-state index is 0.0458. The van der Waals surface area contributed by atoms with Gasteiger partial charge in [-0.1, -0.05) is 27.7 Å². The first-order chi connectivity index (χ1) is 13.8. The smallest absolute Gasteiger partial charge is 0.326 e. The van der Waals surface area contributed by atoms with Gasteiger partial charge >= 0.3 is 5.97 Å². The molecule has 172 valence electrons. The van der Waals surface area contributed by atoms with Gasteiger partial charge in [-0.2, -0.15) is 0 Å². The van der Waals surface area contributed by atoms with Gasteiger partial charge in [-0.05, 0) is 31.1 Å². The number of nitrogens with two attached hydrogens (primary N) is 2.